The van der Waals surface area contributed by atoms with Crippen LogP contribution in [-0.4, -0.2) is 59.0 Å². The summed E-state index contributed by atoms with van der Waals surface area (Å²) in [7, 11) is 1.67. The molecule has 0 radical (unpaired) electrons. The topological polar surface area (TPSA) is 61.5 Å². The van der Waals surface area contributed by atoms with Gasteiger partial charge in [-0.25, -0.2) is 4.98 Å². The second-order valence-electron chi connectivity index (χ2n) is 7.15. The largest absolute Gasteiger partial charge is 0.497 e. The molecule has 1 aromatic heterocycles. The van der Waals surface area contributed by atoms with Crippen molar-refractivity contribution in [3.05, 3.63) is 24.0 Å². The van der Waals surface area contributed by atoms with Crippen molar-refractivity contribution in [2.24, 2.45) is 5.92 Å². The maximum absolute atomic E-state index is 12.5. The molecule has 1 aliphatic heterocycles. The van der Waals surface area contributed by atoms with Gasteiger partial charge in [0.15, 0.2) is 0 Å². The summed E-state index contributed by atoms with van der Waals surface area (Å²) in [5.41, 5.74) is 1.97. The highest BCUT2D eigenvalue weighted by atomic mass is 16.5. The van der Waals surface area contributed by atoms with Crippen molar-refractivity contribution >= 4 is 16.9 Å². The lowest BCUT2D eigenvalue weighted by Crippen LogP contribution is -2.49. The van der Waals surface area contributed by atoms with Gasteiger partial charge < -0.3 is 14.6 Å². The highest BCUT2D eigenvalue weighted by molar-refractivity contribution is 5.79. The normalized spacial score (nSPS) is 19.6. The molecule has 1 saturated heterocycles. The van der Waals surface area contributed by atoms with Crippen LogP contribution in [0.25, 0.3) is 11.0 Å². The third-order valence-corrected chi connectivity index (χ3v) is 5.50. The van der Waals surface area contributed by atoms with E-state index in [1.54, 1.807) is 7.11 Å². The number of aromatic amines is 1. The summed E-state index contributed by atoms with van der Waals surface area (Å²) in [6.45, 7) is 4.30. The van der Waals surface area contributed by atoms with Crippen LogP contribution < -0.4 is 4.74 Å². The predicted molar refractivity (Wildman–Crippen MR) is 96.5 cm³/mol. The van der Waals surface area contributed by atoms with Crippen molar-refractivity contribution in [1.29, 1.82) is 0 Å². The van der Waals surface area contributed by atoms with Crippen molar-refractivity contribution in [1.82, 2.24) is 19.8 Å². The third-order valence-electron chi connectivity index (χ3n) is 5.50. The van der Waals surface area contributed by atoms with Crippen LogP contribution >= 0.6 is 0 Å². The minimum absolute atomic E-state index is 0.289. The van der Waals surface area contributed by atoms with Crippen LogP contribution in [0.4, 0.5) is 0 Å². The minimum atomic E-state index is 0.289. The number of aromatic nitrogens is 2. The highest BCUT2D eigenvalue weighted by Gasteiger charge is 2.29. The Morgan fingerprint density at radius 1 is 1.24 bits per heavy atom. The van der Waals surface area contributed by atoms with Crippen molar-refractivity contribution < 1.29 is 9.53 Å². The van der Waals surface area contributed by atoms with Gasteiger partial charge in [-0.1, -0.05) is 12.8 Å². The molecular formula is C19H26N4O2. The average Bonchev–Trinajstić information content (AvgIpc) is 3.30. The summed E-state index contributed by atoms with van der Waals surface area (Å²) in [5.74, 6) is 2.48. The van der Waals surface area contributed by atoms with Gasteiger partial charge in [-0.2, -0.15) is 0 Å². The lowest BCUT2D eigenvalue weighted by molar-refractivity contribution is -0.137. The molecule has 25 heavy (non-hydrogen) atoms. The van der Waals surface area contributed by atoms with E-state index in [-0.39, 0.29) is 5.92 Å². The number of H-pyrrole nitrogens is 1. The number of methoxy groups -OCH3 is 1. The molecule has 6 nitrogen and oxygen atoms in total. The van der Waals surface area contributed by atoms with E-state index in [1.807, 2.05) is 18.2 Å². The summed E-state index contributed by atoms with van der Waals surface area (Å²) in [5, 5.41) is 0. The Hall–Kier alpha value is -2.08. The molecule has 1 aromatic carbocycles. The first-order valence-corrected chi connectivity index (χ1v) is 9.27. The highest BCUT2D eigenvalue weighted by Crippen LogP contribution is 2.27. The van der Waals surface area contributed by atoms with E-state index in [4.69, 9.17) is 4.74 Å². The molecule has 4 rings (SSSR count). The average molecular weight is 342 g/mol. The molecule has 1 saturated carbocycles. The second kappa shape index (κ2) is 7.04. The number of nitrogens with zero attached hydrogens (tertiary/aromatic N) is 3. The lowest BCUT2D eigenvalue weighted by Gasteiger charge is -2.35. The zero-order valence-electron chi connectivity index (χ0n) is 14.8. The number of ether oxygens (including phenoxy) is 1. The number of carbonyl (C=O) groups excluding carboxylic acids is 1. The van der Waals surface area contributed by atoms with Crippen LogP contribution in [-0.2, 0) is 11.3 Å². The smallest absolute Gasteiger partial charge is 0.225 e. The van der Waals surface area contributed by atoms with Gasteiger partial charge in [0.2, 0.25) is 5.91 Å². The quantitative estimate of drug-likeness (QED) is 0.927. The molecule has 0 spiro atoms. The Morgan fingerprint density at radius 3 is 2.72 bits per heavy atom. The van der Waals surface area contributed by atoms with Gasteiger partial charge in [0.25, 0.3) is 0 Å². The van der Waals surface area contributed by atoms with Gasteiger partial charge in [0.05, 0.1) is 24.7 Å². The number of hydrogen-bond acceptors (Lipinski definition) is 4. The number of imidazole rings is 1. The number of hydrogen-bond donors (Lipinski definition) is 1. The number of fused-ring (bicyclic) bond motifs is 1. The first-order chi connectivity index (χ1) is 12.2. The van der Waals surface area contributed by atoms with Crippen molar-refractivity contribution in [3.63, 3.8) is 0 Å². The SMILES string of the molecule is COc1ccc2nc(CN3CCN(C(=O)C4CCCC4)CC3)[nH]c2c1. The van der Waals surface area contributed by atoms with E-state index in [2.05, 4.69) is 19.8 Å². The Kier molecular flexibility index (Phi) is 4.61. The van der Waals surface area contributed by atoms with Crippen LogP contribution in [0.15, 0.2) is 18.2 Å². The van der Waals surface area contributed by atoms with Crippen LogP contribution in [0.1, 0.15) is 31.5 Å². The number of benzene rings is 1. The van der Waals surface area contributed by atoms with E-state index >= 15 is 0 Å². The van der Waals surface area contributed by atoms with Gasteiger partial charge in [-0.05, 0) is 25.0 Å². The van der Waals surface area contributed by atoms with Crippen LogP contribution in [0.5, 0.6) is 5.75 Å². The first kappa shape index (κ1) is 16.4. The number of piperazine rings is 1. The molecule has 0 atom stereocenters. The maximum Gasteiger partial charge on any atom is 0.225 e. The third kappa shape index (κ3) is 3.49. The van der Waals surface area contributed by atoms with Crippen molar-refractivity contribution in [3.8, 4) is 5.75 Å². The van der Waals surface area contributed by atoms with E-state index < -0.39 is 0 Å². The summed E-state index contributed by atoms with van der Waals surface area (Å²) in [6.07, 6.45) is 4.60. The van der Waals surface area contributed by atoms with Crippen LogP contribution in [0.2, 0.25) is 0 Å². The standard InChI is InChI=1S/C19H26N4O2/c1-25-15-6-7-16-17(12-15)21-18(20-16)13-22-8-10-23(11-9-22)19(24)14-4-2-3-5-14/h6-7,12,14H,2-5,8-11,13H2,1H3,(H,20,21). The number of rotatable bonds is 4. The Morgan fingerprint density at radius 2 is 2.00 bits per heavy atom. The molecular weight excluding hydrogens is 316 g/mol. The Bertz CT molecular complexity index is 743. The van der Waals surface area contributed by atoms with E-state index in [9.17, 15) is 4.79 Å². The molecule has 2 fully saturated rings. The zero-order valence-corrected chi connectivity index (χ0v) is 14.8. The number of carbonyl (C=O) groups is 1. The zero-order chi connectivity index (χ0) is 17.2. The van der Waals surface area contributed by atoms with E-state index in [0.717, 1.165) is 68.2 Å². The fraction of sp³-hybridized carbons (Fsp3) is 0.579. The Labute approximate surface area is 148 Å². The molecule has 1 amide bonds. The summed E-state index contributed by atoms with van der Waals surface area (Å²) >= 11 is 0. The summed E-state index contributed by atoms with van der Waals surface area (Å²) in [4.78, 5) is 25.0. The van der Waals surface area contributed by atoms with Crippen molar-refractivity contribution in [2.75, 3.05) is 33.3 Å². The van der Waals surface area contributed by atoms with Crippen LogP contribution in [0.3, 0.4) is 0 Å². The van der Waals surface area contributed by atoms with Crippen LogP contribution in [0, 0.1) is 5.92 Å². The predicted octanol–water partition coefficient (Wildman–Crippen LogP) is 2.41. The summed E-state index contributed by atoms with van der Waals surface area (Å²) < 4.78 is 5.26. The van der Waals surface area contributed by atoms with Gasteiger partial charge in [-0.3, -0.25) is 9.69 Å². The van der Waals surface area contributed by atoms with E-state index in [0.29, 0.717) is 5.91 Å². The van der Waals surface area contributed by atoms with Gasteiger partial charge >= 0.3 is 0 Å². The second-order valence-corrected chi connectivity index (χ2v) is 7.15. The molecule has 6 heteroatoms. The van der Waals surface area contributed by atoms with Gasteiger partial charge in [0.1, 0.15) is 11.6 Å². The van der Waals surface area contributed by atoms with Crippen molar-refractivity contribution in [2.45, 2.75) is 32.2 Å². The summed E-state index contributed by atoms with van der Waals surface area (Å²) in [6, 6.07) is 5.89. The first-order valence-electron chi connectivity index (χ1n) is 9.27. The fourth-order valence-electron chi connectivity index (χ4n) is 4.01. The molecule has 2 heterocycles. The van der Waals surface area contributed by atoms with Gasteiger partial charge in [-0.15, -0.1) is 0 Å². The maximum atomic E-state index is 12.5. The molecule has 134 valence electrons. The fourth-order valence-corrected chi connectivity index (χ4v) is 4.01. The van der Waals surface area contributed by atoms with Gasteiger partial charge in [0, 0.05) is 38.2 Å². The molecule has 2 aromatic rings. The molecule has 0 unspecified atom stereocenters. The number of amides is 1. The minimum Gasteiger partial charge on any atom is -0.497 e. The molecule has 1 aliphatic carbocycles. The Balaban J connectivity index is 1.34. The molecule has 0 bridgehead atoms. The number of nitrogens with one attached hydrogen (secondary N) is 1. The molecule has 1 N–H and O–H groups in total. The molecule has 2 aliphatic rings. The van der Waals surface area contributed by atoms with E-state index in [1.165, 1.54) is 12.8 Å². The monoisotopic (exact) mass is 342 g/mol. The lowest BCUT2D eigenvalue weighted by atomic mass is 10.1.